The molecule has 0 saturated carbocycles. The Morgan fingerprint density at radius 2 is 2.14 bits per heavy atom. The second-order valence-electron chi connectivity index (χ2n) is 3.30. The summed E-state index contributed by atoms with van der Waals surface area (Å²) in [5.41, 5.74) is 7.12. The van der Waals surface area contributed by atoms with Gasteiger partial charge >= 0.3 is 0 Å². The molecule has 0 aliphatic carbocycles. The van der Waals surface area contributed by atoms with Crippen molar-refractivity contribution in [3.8, 4) is 0 Å². The summed E-state index contributed by atoms with van der Waals surface area (Å²) < 4.78 is 1.94. The third-order valence-corrected chi connectivity index (χ3v) is 2.38. The lowest BCUT2D eigenvalue weighted by atomic mass is 10.1. The van der Waals surface area contributed by atoms with Crippen molar-refractivity contribution >= 4 is 16.7 Å². The van der Waals surface area contributed by atoms with Crippen LogP contribution in [-0.4, -0.2) is 16.9 Å². The van der Waals surface area contributed by atoms with Crippen LogP contribution in [-0.2, 0) is 7.05 Å². The molecule has 0 unspecified atom stereocenters. The number of fused-ring (bicyclic) bond motifs is 1. The van der Waals surface area contributed by atoms with Crippen LogP contribution in [0.1, 0.15) is 10.4 Å². The van der Waals surface area contributed by atoms with Crippen LogP contribution in [0.25, 0.3) is 10.9 Å². The van der Waals surface area contributed by atoms with Gasteiger partial charge in [0, 0.05) is 29.7 Å². The molecule has 1 aromatic carbocycles. The van der Waals surface area contributed by atoms with Crippen LogP contribution in [0.3, 0.4) is 0 Å². The van der Waals surface area contributed by atoms with E-state index in [-0.39, 0.29) is 12.3 Å². The van der Waals surface area contributed by atoms with E-state index in [1.54, 1.807) is 0 Å². The van der Waals surface area contributed by atoms with Gasteiger partial charge in [0.25, 0.3) is 0 Å². The molecule has 0 saturated heterocycles. The van der Waals surface area contributed by atoms with E-state index < -0.39 is 0 Å². The van der Waals surface area contributed by atoms with Gasteiger partial charge in [-0.3, -0.25) is 4.79 Å². The van der Waals surface area contributed by atoms with Gasteiger partial charge < -0.3 is 10.3 Å². The minimum atomic E-state index is -0.0122. The van der Waals surface area contributed by atoms with E-state index in [0.29, 0.717) is 5.56 Å². The molecule has 0 spiro atoms. The molecule has 2 rings (SSSR count). The SMILES string of the molecule is Cn1cc(C(=O)CN)c2ccccc21. The van der Waals surface area contributed by atoms with Crippen LogP contribution in [0.2, 0.25) is 0 Å². The van der Waals surface area contributed by atoms with E-state index in [1.807, 2.05) is 42.1 Å². The van der Waals surface area contributed by atoms with Gasteiger partial charge in [0.1, 0.15) is 0 Å². The van der Waals surface area contributed by atoms with Crippen LogP contribution >= 0.6 is 0 Å². The van der Waals surface area contributed by atoms with Crippen molar-refractivity contribution in [3.63, 3.8) is 0 Å². The van der Waals surface area contributed by atoms with E-state index in [2.05, 4.69) is 0 Å². The number of carbonyl (C=O) groups is 1. The zero-order chi connectivity index (χ0) is 10.1. The largest absolute Gasteiger partial charge is 0.350 e. The molecule has 14 heavy (non-hydrogen) atoms. The predicted octanol–water partition coefficient (Wildman–Crippen LogP) is 1.32. The molecule has 3 nitrogen and oxygen atoms in total. The summed E-state index contributed by atoms with van der Waals surface area (Å²) in [6.07, 6.45) is 1.83. The molecule has 72 valence electrons. The summed E-state index contributed by atoms with van der Waals surface area (Å²) in [5.74, 6) is -0.0122. The number of aromatic nitrogens is 1. The number of Topliss-reactive ketones (excluding diaryl/α,β-unsaturated/α-hetero) is 1. The Bertz CT molecular complexity index is 485. The van der Waals surface area contributed by atoms with Crippen LogP contribution < -0.4 is 5.73 Å². The second kappa shape index (κ2) is 3.27. The molecule has 0 fully saturated rings. The Labute approximate surface area is 82.1 Å². The lowest BCUT2D eigenvalue weighted by Crippen LogP contribution is -2.12. The van der Waals surface area contributed by atoms with Gasteiger partial charge in [-0.25, -0.2) is 0 Å². The van der Waals surface area contributed by atoms with Gasteiger partial charge in [-0.05, 0) is 6.07 Å². The van der Waals surface area contributed by atoms with Crippen molar-refractivity contribution < 1.29 is 4.79 Å². The quantitative estimate of drug-likeness (QED) is 0.722. The van der Waals surface area contributed by atoms with Crippen LogP contribution in [0.5, 0.6) is 0 Å². The maximum Gasteiger partial charge on any atom is 0.178 e. The summed E-state index contributed by atoms with van der Waals surface area (Å²) in [5, 5.41) is 0.977. The number of nitrogens with zero attached hydrogens (tertiary/aromatic N) is 1. The third kappa shape index (κ3) is 1.22. The third-order valence-electron chi connectivity index (χ3n) is 2.38. The number of benzene rings is 1. The molecule has 2 N–H and O–H groups in total. The summed E-state index contributed by atoms with van der Waals surface area (Å²) in [7, 11) is 1.93. The number of hydrogen-bond acceptors (Lipinski definition) is 2. The minimum Gasteiger partial charge on any atom is -0.350 e. The summed E-state index contributed by atoms with van der Waals surface area (Å²) >= 11 is 0. The first-order valence-electron chi connectivity index (χ1n) is 4.51. The maximum atomic E-state index is 11.5. The van der Waals surface area contributed by atoms with E-state index in [4.69, 9.17) is 5.73 Å². The first kappa shape index (κ1) is 8.97. The highest BCUT2D eigenvalue weighted by atomic mass is 16.1. The molecule has 0 radical (unpaired) electrons. The highest BCUT2D eigenvalue weighted by Crippen LogP contribution is 2.20. The molecule has 0 bridgehead atoms. The molecular weight excluding hydrogens is 176 g/mol. The van der Waals surface area contributed by atoms with Gasteiger partial charge in [-0.1, -0.05) is 18.2 Å². The normalized spacial score (nSPS) is 10.7. The number of nitrogens with two attached hydrogens (primary N) is 1. The molecule has 1 heterocycles. The number of aryl methyl sites for hydroxylation is 1. The first-order chi connectivity index (χ1) is 6.74. The van der Waals surface area contributed by atoms with Crippen molar-refractivity contribution in [2.24, 2.45) is 12.8 Å². The van der Waals surface area contributed by atoms with Gasteiger partial charge in [-0.15, -0.1) is 0 Å². The summed E-state index contributed by atoms with van der Waals surface area (Å²) in [6.45, 7) is 0.0635. The zero-order valence-corrected chi connectivity index (χ0v) is 8.03. The van der Waals surface area contributed by atoms with Gasteiger partial charge in [0.2, 0.25) is 0 Å². The molecule has 0 amide bonds. The second-order valence-corrected chi connectivity index (χ2v) is 3.30. The highest BCUT2D eigenvalue weighted by molar-refractivity contribution is 6.08. The Balaban J connectivity index is 2.72. The Kier molecular flexibility index (Phi) is 2.09. The Morgan fingerprint density at radius 3 is 2.86 bits per heavy atom. The molecule has 3 heteroatoms. The number of rotatable bonds is 2. The topological polar surface area (TPSA) is 48.0 Å². The molecular formula is C11H12N2O. The van der Waals surface area contributed by atoms with Crippen molar-refractivity contribution in [1.29, 1.82) is 0 Å². The molecule has 0 aliphatic heterocycles. The Morgan fingerprint density at radius 1 is 1.43 bits per heavy atom. The minimum absolute atomic E-state index is 0.0122. The number of ketones is 1. The first-order valence-corrected chi connectivity index (χ1v) is 4.51. The monoisotopic (exact) mass is 188 g/mol. The fraction of sp³-hybridized carbons (Fsp3) is 0.182. The molecule has 2 aromatic rings. The van der Waals surface area contributed by atoms with Crippen molar-refractivity contribution in [2.75, 3.05) is 6.54 Å². The standard InChI is InChI=1S/C11H12N2O/c1-13-7-9(11(14)6-12)8-4-2-3-5-10(8)13/h2-5,7H,6,12H2,1H3. The van der Waals surface area contributed by atoms with E-state index in [9.17, 15) is 4.79 Å². The van der Waals surface area contributed by atoms with E-state index in [1.165, 1.54) is 0 Å². The van der Waals surface area contributed by atoms with Crippen molar-refractivity contribution in [2.45, 2.75) is 0 Å². The van der Waals surface area contributed by atoms with Crippen LogP contribution in [0.15, 0.2) is 30.5 Å². The van der Waals surface area contributed by atoms with Crippen molar-refractivity contribution in [3.05, 3.63) is 36.0 Å². The fourth-order valence-corrected chi connectivity index (χ4v) is 1.67. The molecule has 1 aromatic heterocycles. The average molecular weight is 188 g/mol. The molecule has 0 atom stereocenters. The fourth-order valence-electron chi connectivity index (χ4n) is 1.67. The maximum absolute atomic E-state index is 11.5. The predicted molar refractivity (Wildman–Crippen MR) is 56.3 cm³/mol. The number of carbonyl (C=O) groups excluding carboxylic acids is 1. The van der Waals surface area contributed by atoms with Crippen molar-refractivity contribution in [1.82, 2.24) is 4.57 Å². The highest BCUT2D eigenvalue weighted by Gasteiger charge is 2.11. The summed E-state index contributed by atoms with van der Waals surface area (Å²) in [6, 6.07) is 7.82. The lowest BCUT2D eigenvalue weighted by molar-refractivity contribution is 0.100. The molecule has 0 aliphatic rings. The average Bonchev–Trinajstić information content (AvgIpc) is 2.56. The Hall–Kier alpha value is -1.61. The van der Waals surface area contributed by atoms with E-state index in [0.717, 1.165) is 10.9 Å². The van der Waals surface area contributed by atoms with E-state index >= 15 is 0 Å². The van der Waals surface area contributed by atoms with Gasteiger partial charge in [0.05, 0.1) is 6.54 Å². The number of hydrogen-bond donors (Lipinski definition) is 1. The van der Waals surface area contributed by atoms with Gasteiger partial charge in [-0.2, -0.15) is 0 Å². The summed E-state index contributed by atoms with van der Waals surface area (Å²) in [4.78, 5) is 11.5. The lowest BCUT2D eigenvalue weighted by Gasteiger charge is -1.94. The number of para-hydroxylation sites is 1. The smallest absolute Gasteiger partial charge is 0.178 e. The zero-order valence-electron chi connectivity index (χ0n) is 8.03. The van der Waals surface area contributed by atoms with Crippen LogP contribution in [0.4, 0.5) is 0 Å². The van der Waals surface area contributed by atoms with Crippen LogP contribution in [0, 0.1) is 0 Å². The van der Waals surface area contributed by atoms with Gasteiger partial charge in [0.15, 0.2) is 5.78 Å².